The van der Waals surface area contributed by atoms with Crippen molar-refractivity contribution in [2.45, 2.75) is 0 Å². The van der Waals surface area contributed by atoms with E-state index in [1.54, 1.807) is 49.5 Å². The summed E-state index contributed by atoms with van der Waals surface area (Å²) in [6.07, 6.45) is 4.11. The molecule has 0 radical (unpaired) electrons. The molecule has 0 aliphatic heterocycles. The van der Waals surface area contributed by atoms with Crippen LogP contribution in [0.4, 0.5) is 10.1 Å². The minimum Gasteiger partial charge on any atom is -0.489 e. The highest BCUT2D eigenvalue weighted by molar-refractivity contribution is 7.92. The van der Waals surface area contributed by atoms with Crippen LogP contribution in [-0.4, -0.2) is 45.7 Å². The lowest BCUT2D eigenvalue weighted by molar-refractivity contribution is -0.125. The van der Waals surface area contributed by atoms with Crippen molar-refractivity contribution < 1.29 is 22.3 Å². The van der Waals surface area contributed by atoms with E-state index < -0.39 is 15.8 Å². The van der Waals surface area contributed by atoms with Crippen molar-refractivity contribution in [3.63, 3.8) is 0 Å². The summed E-state index contributed by atoms with van der Waals surface area (Å²) in [7, 11) is -1.70. The van der Waals surface area contributed by atoms with Crippen LogP contribution in [-0.2, 0) is 14.8 Å². The number of hydrogen-bond donors (Lipinski definition) is 1. The van der Waals surface area contributed by atoms with Gasteiger partial charge < -0.3 is 9.64 Å². The van der Waals surface area contributed by atoms with Crippen LogP contribution in [0.2, 0.25) is 0 Å². The third-order valence-electron chi connectivity index (χ3n) is 3.53. The van der Waals surface area contributed by atoms with E-state index in [1.165, 1.54) is 23.1 Å². The smallest absolute Gasteiger partial charge is 0.246 e. The standard InChI is InChI=1S/C19H21FN2O4S/c1-22(13-14-26-18-6-4-3-5-17(18)20)19(23)12-9-15-7-10-16(11-8-15)21-27(2,24)25/h3-12,21H,13-14H2,1-2H3/b12-9+. The first kappa shape index (κ1) is 20.4. The van der Waals surface area contributed by atoms with E-state index >= 15 is 0 Å². The largest absolute Gasteiger partial charge is 0.489 e. The maximum atomic E-state index is 13.4. The zero-order valence-electron chi connectivity index (χ0n) is 15.1. The molecule has 0 fully saturated rings. The fraction of sp³-hybridized carbons (Fsp3) is 0.211. The Morgan fingerprint density at radius 1 is 1.19 bits per heavy atom. The summed E-state index contributed by atoms with van der Waals surface area (Å²) in [5.41, 5.74) is 1.20. The van der Waals surface area contributed by atoms with Crippen LogP contribution in [0.5, 0.6) is 5.75 Å². The van der Waals surface area contributed by atoms with E-state index in [1.807, 2.05) is 0 Å². The highest BCUT2D eigenvalue weighted by Gasteiger charge is 2.07. The monoisotopic (exact) mass is 392 g/mol. The Balaban J connectivity index is 1.83. The van der Waals surface area contributed by atoms with Gasteiger partial charge in [-0.15, -0.1) is 0 Å². The van der Waals surface area contributed by atoms with Crippen LogP contribution in [0.25, 0.3) is 6.08 Å². The molecule has 6 nitrogen and oxygen atoms in total. The molecule has 0 aromatic heterocycles. The van der Waals surface area contributed by atoms with Gasteiger partial charge in [-0.25, -0.2) is 12.8 Å². The number of hydrogen-bond acceptors (Lipinski definition) is 4. The normalized spacial score (nSPS) is 11.4. The summed E-state index contributed by atoms with van der Waals surface area (Å²) >= 11 is 0. The van der Waals surface area contributed by atoms with Gasteiger partial charge in [-0.05, 0) is 35.9 Å². The van der Waals surface area contributed by atoms with Crippen LogP contribution >= 0.6 is 0 Å². The number of benzene rings is 2. The third-order valence-corrected chi connectivity index (χ3v) is 4.14. The summed E-state index contributed by atoms with van der Waals surface area (Å²) in [5.74, 6) is -0.526. The van der Waals surface area contributed by atoms with E-state index in [0.29, 0.717) is 12.2 Å². The number of para-hydroxylation sites is 1. The lowest BCUT2D eigenvalue weighted by Crippen LogP contribution is -2.29. The Bertz CT molecular complexity index is 912. The van der Waals surface area contributed by atoms with Gasteiger partial charge in [-0.3, -0.25) is 9.52 Å². The van der Waals surface area contributed by atoms with Crippen LogP contribution in [0.3, 0.4) is 0 Å². The molecular formula is C19H21FN2O4S. The van der Waals surface area contributed by atoms with Crippen molar-refractivity contribution in [3.05, 3.63) is 66.0 Å². The van der Waals surface area contributed by atoms with Gasteiger partial charge in [0.2, 0.25) is 15.9 Å². The number of likely N-dealkylation sites (N-methyl/N-ethyl adjacent to an activating group) is 1. The molecule has 0 bridgehead atoms. The minimum atomic E-state index is -3.32. The number of nitrogens with zero attached hydrogens (tertiary/aromatic N) is 1. The van der Waals surface area contributed by atoms with Gasteiger partial charge in [0.05, 0.1) is 12.8 Å². The molecule has 2 aromatic rings. The Kier molecular flexibility index (Phi) is 6.95. The average molecular weight is 392 g/mol. The number of halogens is 1. The maximum absolute atomic E-state index is 13.4. The molecule has 144 valence electrons. The van der Waals surface area contributed by atoms with Crippen molar-refractivity contribution in [1.29, 1.82) is 0 Å². The second-order valence-corrected chi connectivity index (χ2v) is 7.62. The molecule has 8 heteroatoms. The number of carbonyl (C=O) groups is 1. The molecule has 0 saturated heterocycles. The Labute approximate surface area is 158 Å². The van der Waals surface area contributed by atoms with Crippen molar-refractivity contribution in [2.75, 3.05) is 31.2 Å². The van der Waals surface area contributed by atoms with Gasteiger partial charge in [-0.2, -0.15) is 0 Å². The molecule has 0 unspecified atom stereocenters. The van der Waals surface area contributed by atoms with E-state index in [4.69, 9.17) is 4.74 Å². The highest BCUT2D eigenvalue weighted by Crippen LogP contribution is 2.15. The summed E-state index contributed by atoms with van der Waals surface area (Å²) in [4.78, 5) is 13.6. The van der Waals surface area contributed by atoms with Crippen LogP contribution in [0, 0.1) is 5.82 Å². The van der Waals surface area contributed by atoms with E-state index in [9.17, 15) is 17.6 Å². The number of sulfonamides is 1. The lowest BCUT2D eigenvalue weighted by Gasteiger charge is -2.15. The molecule has 0 aliphatic rings. The van der Waals surface area contributed by atoms with E-state index in [2.05, 4.69) is 4.72 Å². The first-order valence-electron chi connectivity index (χ1n) is 8.13. The van der Waals surface area contributed by atoms with Gasteiger partial charge in [0.25, 0.3) is 0 Å². The Morgan fingerprint density at radius 3 is 2.48 bits per heavy atom. The number of carbonyl (C=O) groups excluding carboxylic acids is 1. The molecule has 0 aliphatic carbocycles. The molecule has 2 aromatic carbocycles. The molecule has 0 saturated carbocycles. The van der Waals surface area contributed by atoms with Crippen molar-refractivity contribution in [3.8, 4) is 5.75 Å². The van der Waals surface area contributed by atoms with Crippen molar-refractivity contribution in [2.24, 2.45) is 0 Å². The zero-order valence-corrected chi connectivity index (χ0v) is 15.9. The van der Waals surface area contributed by atoms with Crippen LogP contribution in [0.1, 0.15) is 5.56 Å². The van der Waals surface area contributed by atoms with Gasteiger partial charge >= 0.3 is 0 Å². The first-order valence-corrected chi connectivity index (χ1v) is 10.0. The number of anilines is 1. The molecule has 27 heavy (non-hydrogen) atoms. The summed E-state index contributed by atoms with van der Waals surface area (Å²) in [6, 6.07) is 12.7. The van der Waals surface area contributed by atoms with E-state index in [0.717, 1.165) is 11.8 Å². The fourth-order valence-electron chi connectivity index (χ4n) is 2.14. The molecule has 2 rings (SSSR count). The molecule has 0 atom stereocenters. The second kappa shape index (κ2) is 9.18. The molecule has 1 amide bonds. The summed E-state index contributed by atoms with van der Waals surface area (Å²) in [6.45, 7) is 0.470. The van der Waals surface area contributed by atoms with Crippen LogP contribution < -0.4 is 9.46 Å². The topological polar surface area (TPSA) is 75.7 Å². The van der Waals surface area contributed by atoms with Gasteiger partial charge in [0.15, 0.2) is 11.6 Å². The lowest BCUT2D eigenvalue weighted by atomic mass is 10.2. The predicted octanol–water partition coefficient (Wildman–Crippen LogP) is 2.75. The zero-order chi connectivity index (χ0) is 19.9. The maximum Gasteiger partial charge on any atom is 0.246 e. The van der Waals surface area contributed by atoms with Gasteiger partial charge in [0.1, 0.15) is 6.61 Å². The molecule has 1 N–H and O–H groups in total. The Hall–Kier alpha value is -2.87. The SMILES string of the molecule is CN(CCOc1ccccc1F)C(=O)/C=C/c1ccc(NS(C)(=O)=O)cc1. The quantitative estimate of drug-likeness (QED) is 0.701. The molecule has 0 spiro atoms. The first-order chi connectivity index (χ1) is 12.7. The van der Waals surface area contributed by atoms with Crippen molar-refractivity contribution >= 4 is 27.7 Å². The summed E-state index contributed by atoms with van der Waals surface area (Å²) < 4.78 is 43.5. The predicted molar refractivity (Wildman–Crippen MR) is 103 cm³/mol. The van der Waals surface area contributed by atoms with Crippen molar-refractivity contribution in [1.82, 2.24) is 4.90 Å². The molecular weight excluding hydrogens is 371 g/mol. The number of ether oxygens (including phenoxy) is 1. The average Bonchev–Trinajstić information content (AvgIpc) is 2.61. The van der Waals surface area contributed by atoms with Crippen LogP contribution in [0.15, 0.2) is 54.6 Å². The van der Waals surface area contributed by atoms with Gasteiger partial charge in [-0.1, -0.05) is 24.3 Å². The minimum absolute atomic E-state index is 0.150. The highest BCUT2D eigenvalue weighted by atomic mass is 32.2. The number of rotatable bonds is 8. The van der Waals surface area contributed by atoms with E-state index in [-0.39, 0.29) is 18.3 Å². The number of amides is 1. The molecule has 0 heterocycles. The number of nitrogens with one attached hydrogen (secondary N) is 1. The third kappa shape index (κ3) is 7.10. The second-order valence-electron chi connectivity index (χ2n) is 5.87. The van der Waals surface area contributed by atoms with Gasteiger partial charge in [0, 0.05) is 18.8 Å². The summed E-state index contributed by atoms with van der Waals surface area (Å²) in [5, 5.41) is 0. The Morgan fingerprint density at radius 2 is 1.85 bits per heavy atom. The fourth-order valence-corrected chi connectivity index (χ4v) is 2.70.